The van der Waals surface area contributed by atoms with Gasteiger partial charge in [0.25, 0.3) is 5.91 Å². The normalized spacial score (nSPS) is 10.2. The molecule has 0 saturated carbocycles. The maximum atomic E-state index is 12.2. The predicted molar refractivity (Wildman–Crippen MR) is 68.4 cm³/mol. The van der Waals surface area contributed by atoms with Gasteiger partial charge in [0.15, 0.2) is 0 Å². The van der Waals surface area contributed by atoms with Crippen LogP contribution >= 0.6 is 15.9 Å². The lowest BCUT2D eigenvalue weighted by Gasteiger charge is -2.21. The largest absolute Gasteiger partial charge is 0.339 e. The molecular formula is C12H17BrN2O. The van der Waals surface area contributed by atoms with Gasteiger partial charge in [0.05, 0.1) is 0 Å². The summed E-state index contributed by atoms with van der Waals surface area (Å²) in [6.45, 7) is 5.79. The van der Waals surface area contributed by atoms with E-state index in [1.165, 1.54) is 0 Å². The maximum Gasteiger partial charge on any atom is 0.254 e. The van der Waals surface area contributed by atoms with Crippen molar-refractivity contribution in [3.8, 4) is 0 Å². The van der Waals surface area contributed by atoms with E-state index in [1.807, 2.05) is 4.90 Å². The van der Waals surface area contributed by atoms with Crippen molar-refractivity contribution in [1.29, 1.82) is 0 Å². The Morgan fingerprint density at radius 1 is 1.38 bits per heavy atom. The van der Waals surface area contributed by atoms with Gasteiger partial charge in [-0.15, -0.1) is 0 Å². The molecule has 1 amide bonds. The van der Waals surface area contributed by atoms with E-state index in [0.29, 0.717) is 10.2 Å². The highest BCUT2D eigenvalue weighted by molar-refractivity contribution is 9.10. The molecule has 3 nitrogen and oxygen atoms in total. The minimum Gasteiger partial charge on any atom is -0.339 e. The first-order chi connectivity index (χ1) is 7.69. The molecule has 0 atom stereocenters. The van der Waals surface area contributed by atoms with E-state index in [2.05, 4.69) is 34.8 Å². The number of rotatable bonds is 5. The van der Waals surface area contributed by atoms with Crippen molar-refractivity contribution in [2.24, 2.45) is 0 Å². The van der Waals surface area contributed by atoms with Crippen LogP contribution in [0, 0.1) is 0 Å². The van der Waals surface area contributed by atoms with Crippen LogP contribution in [-0.2, 0) is 0 Å². The van der Waals surface area contributed by atoms with Gasteiger partial charge in [-0.2, -0.15) is 0 Å². The summed E-state index contributed by atoms with van der Waals surface area (Å²) < 4.78 is 0.700. The van der Waals surface area contributed by atoms with Gasteiger partial charge in [0.2, 0.25) is 0 Å². The first-order valence-electron chi connectivity index (χ1n) is 5.59. The number of halogens is 1. The lowest BCUT2D eigenvalue weighted by atomic mass is 10.2. The zero-order valence-electron chi connectivity index (χ0n) is 9.74. The fourth-order valence-corrected chi connectivity index (χ4v) is 1.94. The fourth-order valence-electron chi connectivity index (χ4n) is 1.57. The van der Waals surface area contributed by atoms with E-state index in [0.717, 1.165) is 25.9 Å². The summed E-state index contributed by atoms with van der Waals surface area (Å²) in [7, 11) is 0. The van der Waals surface area contributed by atoms with Crippen molar-refractivity contribution < 1.29 is 4.79 Å². The summed E-state index contributed by atoms with van der Waals surface area (Å²) in [5, 5.41) is 0. The van der Waals surface area contributed by atoms with Crippen LogP contribution in [-0.4, -0.2) is 28.9 Å². The standard InChI is InChI=1S/C12H17BrN2O/c1-3-7-15(8-4-2)12(16)10-5-6-14-11(13)9-10/h5-6,9H,3-4,7-8H2,1-2H3. The Morgan fingerprint density at radius 3 is 2.50 bits per heavy atom. The van der Waals surface area contributed by atoms with E-state index < -0.39 is 0 Å². The topological polar surface area (TPSA) is 33.2 Å². The van der Waals surface area contributed by atoms with E-state index in [-0.39, 0.29) is 5.91 Å². The molecular weight excluding hydrogens is 268 g/mol. The summed E-state index contributed by atoms with van der Waals surface area (Å²) in [5.41, 5.74) is 0.698. The van der Waals surface area contributed by atoms with Crippen molar-refractivity contribution in [2.45, 2.75) is 26.7 Å². The van der Waals surface area contributed by atoms with Crippen molar-refractivity contribution >= 4 is 21.8 Å². The monoisotopic (exact) mass is 284 g/mol. The quantitative estimate of drug-likeness (QED) is 0.779. The van der Waals surface area contributed by atoms with Crippen LogP contribution in [0.25, 0.3) is 0 Å². The number of hydrogen-bond donors (Lipinski definition) is 0. The molecule has 0 bridgehead atoms. The van der Waals surface area contributed by atoms with Crippen molar-refractivity contribution in [2.75, 3.05) is 13.1 Å². The van der Waals surface area contributed by atoms with Crippen molar-refractivity contribution in [3.63, 3.8) is 0 Å². The Labute approximate surface area is 105 Å². The second-order valence-electron chi connectivity index (χ2n) is 3.66. The number of amides is 1. The van der Waals surface area contributed by atoms with Gasteiger partial charge in [-0.1, -0.05) is 13.8 Å². The van der Waals surface area contributed by atoms with Gasteiger partial charge in [-0.3, -0.25) is 4.79 Å². The molecule has 0 saturated heterocycles. The molecule has 1 aromatic heterocycles. The Balaban J connectivity index is 2.81. The molecule has 1 aromatic rings. The van der Waals surface area contributed by atoms with Crippen LogP contribution in [0.15, 0.2) is 22.9 Å². The molecule has 0 aliphatic heterocycles. The van der Waals surface area contributed by atoms with E-state index in [1.54, 1.807) is 18.3 Å². The zero-order valence-corrected chi connectivity index (χ0v) is 11.3. The lowest BCUT2D eigenvalue weighted by Crippen LogP contribution is -2.32. The second-order valence-corrected chi connectivity index (χ2v) is 4.47. The third-order valence-electron chi connectivity index (χ3n) is 2.25. The van der Waals surface area contributed by atoms with Gasteiger partial charge >= 0.3 is 0 Å². The van der Waals surface area contributed by atoms with Crippen molar-refractivity contribution in [3.05, 3.63) is 28.5 Å². The number of carbonyl (C=O) groups excluding carboxylic acids is 1. The van der Waals surface area contributed by atoms with Crippen LogP contribution in [0.5, 0.6) is 0 Å². The predicted octanol–water partition coefficient (Wildman–Crippen LogP) is 3.11. The molecule has 4 heteroatoms. The molecule has 0 aliphatic rings. The summed E-state index contributed by atoms with van der Waals surface area (Å²) in [6, 6.07) is 3.52. The molecule has 88 valence electrons. The summed E-state index contributed by atoms with van der Waals surface area (Å²) >= 11 is 3.28. The number of pyridine rings is 1. The maximum absolute atomic E-state index is 12.2. The van der Waals surface area contributed by atoms with Gasteiger partial charge < -0.3 is 4.90 Å². The van der Waals surface area contributed by atoms with Crippen LogP contribution in [0.2, 0.25) is 0 Å². The smallest absolute Gasteiger partial charge is 0.254 e. The average molecular weight is 285 g/mol. The Bertz CT molecular complexity index is 349. The zero-order chi connectivity index (χ0) is 12.0. The van der Waals surface area contributed by atoms with Crippen molar-refractivity contribution in [1.82, 2.24) is 9.88 Å². The molecule has 0 radical (unpaired) electrons. The highest BCUT2D eigenvalue weighted by atomic mass is 79.9. The molecule has 0 aromatic carbocycles. The summed E-state index contributed by atoms with van der Waals surface area (Å²) in [6.07, 6.45) is 3.61. The highest BCUT2D eigenvalue weighted by Crippen LogP contribution is 2.11. The first kappa shape index (κ1) is 13.2. The Kier molecular flexibility index (Phi) is 5.46. The molecule has 16 heavy (non-hydrogen) atoms. The molecule has 0 spiro atoms. The van der Waals surface area contributed by atoms with Crippen LogP contribution in [0.4, 0.5) is 0 Å². The van der Waals surface area contributed by atoms with E-state index in [9.17, 15) is 4.79 Å². The van der Waals surface area contributed by atoms with Gasteiger partial charge in [0, 0.05) is 24.8 Å². The molecule has 0 aliphatic carbocycles. The third-order valence-corrected chi connectivity index (χ3v) is 2.68. The molecule has 0 N–H and O–H groups in total. The fraction of sp³-hybridized carbons (Fsp3) is 0.500. The van der Waals surface area contributed by atoms with E-state index in [4.69, 9.17) is 0 Å². The number of nitrogens with zero attached hydrogens (tertiary/aromatic N) is 2. The van der Waals surface area contributed by atoms with E-state index >= 15 is 0 Å². The molecule has 1 rings (SSSR count). The SMILES string of the molecule is CCCN(CCC)C(=O)c1ccnc(Br)c1. The van der Waals surface area contributed by atoms with Gasteiger partial charge in [-0.05, 0) is 40.9 Å². The number of carbonyl (C=O) groups is 1. The van der Waals surface area contributed by atoms with Crippen LogP contribution in [0.1, 0.15) is 37.0 Å². The minimum atomic E-state index is 0.0896. The van der Waals surface area contributed by atoms with Gasteiger partial charge in [0.1, 0.15) is 4.60 Å². The lowest BCUT2D eigenvalue weighted by molar-refractivity contribution is 0.0755. The third kappa shape index (κ3) is 3.59. The highest BCUT2D eigenvalue weighted by Gasteiger charge is 2.14. The molecule has 0 unspecified atom stereocenters. The average Bonchev–Trinajstić information content (AvgIpc) is 2.28. The second kappa shape index (κ2) is 6.63. The summed E-state index contributed by atoms with van der Waals surface area (Å²) in [4.78, 5) is 18.1. The molecule has 1 heterocycles. The Morgan fingerprint density at radius 2 is 2.00 bits per heavy atom. The minimum absolute atomic E-state index is 0.0896. The van der Waals surface area contributed by atoms with Gasteiger partial charge in [-0.25, -0.2) is 4.98 Å². The van der Waals surface area contributed by atoms with Crippen LogP contribution < -0.4 is 0 Å². The summed E-state index contributed by atoms with van der Waals surface area (Å²) in [5.74, 6) is 0.0896. The number of hydrogen-bond acceptors (Lipinski definition) is 2. The first-order valence-corrected chi connectivity index (χ1v) is 6.39. The Hall–Kier alpha value is -0.900. The number of aromatic nitrogens is 1. The molecule has 0 fully saturated rings. The van der Waals surface area contributed by atoms with Crippen LogP contribution in [0.3, 0.4) is 0 Å².